The van der Waals surface area contributed by atoms with Crippen LogP contribution in [0, 0.1) is 0 Å². The molecule has 1 unspecified atom stereocenters. The molecular weight excluding hydrogens is 454 g/mol. The summed E-state index contributed by atoms with van der Waals surface area (Å²) in [5.41, 5.74) is 2.27. The van der Waals surface area contributed by atoms with E-state index in [4.69, 9.17) is 4.74 Å². The summed E-state index contributed by atoms with van der Waals surface area (Å²) in [4.78, 5) is 29.3. The molecule has 3 aromatic carbocycles. The zero-order chi connectivity index (χ0) is 25.7. The Balaban J connectivity index is 1.79. The Morgan fingerprint density at radius 2 is 1.67 bits per heavy atom. The lowest BCUT2D eigenvalue weighted by Gasteiger charge is -2.34. The van der Waals surface area contributed by atoms with Crippen LogP contribution in [-0.2, 0) is 16.1 Å². The third kappa shape index (κ3) is 5.38. The number of para-hydroxylation sites is 2. The van der Waals surface area contributed by atoms with Gasteiger partial charge in [0.2, 0.25) is 11.8 Å². The van der Waals surface area contributed by atoms with Gasteiger partial charge in [0, 0.05) is 11.2 Å². The van der Waals surface area contributed by atoms with Crippen LogP contribution in [0.25, 0.3) is 11.0 Å². The summed E-state index contributed by atoms with van der Waals surface area (Å²) in [5, 5.41) is 11.5. The van der Waals surface area contributed by atoms with Gasteiger partial charge in [0.15, 0.2) is 0 Å². The Labute approximate surface area is 210 Å². The molecule has 0 bridgehead atoms. The summed E-state index contributed by atoms with van der Waals surface area (Å²) < 4.78 is 6.87. The Kier molecular flexibility index (Phi) is 7.33. The number of rotatable bonds is 9. The molecule has 1 aromatic heterocycles. The first kappa shape index (κ1) is 24.9. The number of fused-ring (bicyclic) bond motifs is 1. The SMILES string of the molecule is CCC(C)(C)NC(=O)C(c1ccc(OC)cc1)N(C(=O)Cn1nnc2ccccc21)c1ccccc1. The quantitative estimate of drug-likeness (QED) is 0.377. The van der Waals surface area contributed by atoms with Crippen molar-refractivity contribution in [2.24, 2.45) is 0 Å². The van der Waals surface area contributed by atoms with Gasteiger partial charge < -0.3 is 10.1 Å². The van der Waals surface area contributed by atoms with Crippen LogP contribution in [0.15, 0.2) is 78.9 Å². The molecule has 186 valence electrons. The molecule has 4 aromatic rings. The van der Waals surface area contributed by atoms with E-state index in [9.17, 15) is 9.59 Å². The molecule has 1 N–H and O–H groups in total. The molecule has 0 aliphatic rings. The van der Waals surface area contributed by atoms with Gasteiger partial charge in [0.05, 0.1) is 12.6 Å². The van der Waals surface area contributed by atoms with Crippen molar-refractivity contribution in [2.75, 3.05) is 12.0 Å². The molecule has 0 saturated heterocycles. The van der Waals surface area contributed by atoms with Crippen molar-refractivity contribution in [2.45, 2.75) is 45.3 Å². The number of amides is 2. The van der Waals surface area contributed by atoms with E-state index < -0.39 is 11.6 Å². The average Bonchev–Trinajstić information content (AvgIpc) is 3.30. The number of aromatic nitrogens is 3. The van der Waals surface area contributed by atoms with Crippen molar-refractivity contribution in [1.29, 1.82) is 0 Å². The van der Waals surface area contributed by atoms with E-state index in [0.717, 1.165) is 11.9 Å². The zero-order valence-corrected chi connectivity index (χ0v) is 21.0. The standard InChI is InChI=1S/C28H31N5O3/c1-5-28(2,3)29-27(35)26(20-15-17-22(36-4)18-16-20)33(21-11-7-6-8-12-21)25(34)19-32-24-14-10-9-13-23(24)30-31-32/h6-18,26H,5,19H2,1-4H3,(H,29,35). The number of methoxy groups -OCH3 is 1. The minimum Gasteiger partial charge on any atom is -0.497 e. The molecule has 0 fully saturated rings. The van der Waals surface area contributed by atoms with Crippen molar-refractivity contribution in [3.8, 4) is 5.75 Å². The smallest absolute Gasteiger partial charge is 0.249 e. The van der Waals surface area contributed by atoms with Crippen LogP contribution in [0.3, 0.4) is 0 Å². The number of hydrogen-bond donors (Lipinski definition) is 1. The molecule has 0 radical (unpaired) electrons. The van der Waals surface area contributed by atoms with Crippen molar-refractivity contribution < 1.29 is 14.3 Å². The summed E-state index contributed by atoms with van der Waals surface area (Å²) in [6.45, 7) is 5.86. The molecular formula is C28H31N5O3. The van der Waals surface area contributed by atoms with Crippen molar-refractivity contribution in [3.05, 3.63) is 84.4 Å². The number of nitrogens with one attached hydrogen (secondary N) is 1. The fourth-order valence-electron chi connectivity index (χ4n) is 3.96. The summed E-state index contributed by atoms with van der Waals surface area (Å²) in [7, 11) is 1.59. The van der Waals surface area contributed by atoms with Gasteiger partial charge in [-0.15, -0.1) is 5.10 Å². The van der Waals surface area contributed by atoms with Gasteiger partial charge in [-0.1, -0.05) is 54.6 Å². The van der Waals surface area contributed by atoms with Gasteiger partial charge >= 0.3 is 0 Å². The highest BCUT2D eigenvalue weighted by Crippen LogP contribution is 2.30. The first-order valence-corrected chi connectivity index (χ1v) is 11.9. The highest BCUT2D eigenvalue weighted by atomic mass is 16.5. The minimum absolute atomic E-state index is 0.0769. The predicted molar refractivity (Wildman–Crippen MR) is 140 cm³/mol. The molecule has 0 saturated carbocycles. The van der Waals surface area contributed by atoms with Crippen molar-refractivity contribution >= 4 is 28.5 Å². The summed E-state index contributed by atoms with van der Waals surface area (Å²) >= 11 is 0. The van der Waals surface area contributed by atoms with E-state index in [-0.39, 0.29) is 18.4 Å². The van der Waals surface area contributed by atoms with Gasteiger partial charge in [0.25, 0.3) is 0 Å². The minimum atomic E-state index is -0.911. The Morgan fingerprint density at radius 1 is 1.00 bits per heavy atom. The Bertz CT molecular complexity index is 1330. The van der Waals surface area contributed by atoms with Gasteiger partial charge in [0.1, 0.15) is 23.9 Å². The van der Waals surface area contributed by atoms with E-state index in [1.165, 1.54) is 0 Å². The van der Waals surface area contributed by atoms with E-state index in [0.29, 0.717) is 22.5 Å². The first-order valence-electron chi connectivity index (χ1n) is 11.9. The van der Waals surface area contributed by atoms with Crippen LogP contribution in [0.5, 0.6) is 5.75 Å². The molecule has 0 aliphatic heterocycles. The fraction of sp³-hybridized carbons (Fsp3) is 0.286. The number of anilines is 1. The molecule has 1 heterocycles. The molecule has 2 amide bonds. The monoisotopic (exact) mass is 485 g/mol. The molecule has 1 atom stereocenters. The van der Waals surface area contributed by atoms with Crippen LogP contribution >= 0.6 is 0 Å². The number of hydrogen-bond acceptors (Lipinski definition) is 5. The Hall–Kier alpha value is -4.20. The third-order valence-corrected chi connectivity index (χ3v) is 6.29. The van der Waals surface area contributed by atoms with Crippen LogP contribution in [0.4, 0.5) is 5.69 Å². The zero-order valence-electron chi connectivity index (χ0n) is 21.0. The number of benzene rings is 3. The van der Waals surface area contributed by atoms with Gasteiger partial charge in [-0.05, 0) is 62.2 Å². The first-order chi connectivity index (χ1) is 17.3. The number of ether oxygens (including phenoxy) is 1. The van der Waals surface area contributed by atoms with Crippen molar-refractivity contribution in [1.82, 2.24) is 20.3 Å². The van der Waals surface area contributed by atoms with Crippen LogP contribution < -0.4 is 15.0 Å². The maximum Gasteiger partial charge on any atom is 0.249 e. The largest absolute Gasteiger partial charge is 0.497 e. The second kappa shape index (κ2) is 10.6. The second-order valence-electron chi connectivity index (χ2n) is 9.24. The lowest BCUT2D eigenvalue weighted by Crippen LogP contribution is -2.51. The summed E-state index contributed by atoms with van der Waals surface area (Å²) in [6.07, 6.45) is 0.734. The molecule has 8 heteroatoms. The number of carbonyl (C=O) groups excluding carboxylic acids is 2. The van der Waals surface area contributed by atoms with Crippen LogP contribution in [0.1, 0.15) is 38.8 Å². The maximum absolute atomic E-state index is 14.0. The van der Waals surface area contributed by atoms with E-state index in [1.54, 1.807) is 28.8 Å². The van der Waals surface area contributed by atoms with Crippen LogP contribution in [-0.4, -0.2) is 39.5 Å². The molecule has 0 aliphatic carbocycles. The third-order valence-electron chi connectivity index (χ3n) is 6.29. The van der Waals surface area contributed by atoms with Gasteiger partial charge in [-0.2, -0.15) is 0 Å². The fourth-order valence-corrected chi connectivity index (χ4v) is 3.96. The molecule has 36 heavy (non-hydrogen) atoms. The molecule has 0 spiro atoms. The highest BCUT2D eigenvalue weighted by Gasteiger charge is 2.35. The number of nitrogens with zero attached hydrogens (tertiary/aromatic N) is 4. The number of carbonyl (C=O) groups is 2. The highest BCUT2D eigenvalue weighted by molar-refractivity contribution is 6.01. The summed E-state index contributed by atoms with van der Waals surface area (Å²) in [6, 6.07) is 23.0. The van der Waals surface area contributed by atoms with Crippen molar-refractivity contribution in [3.63, 3.8) is 0 Å². The lowest BCUT2D eigenvalue weighted by molar-refractivity contribution is -0.128. The normalized spacial score (nSPS) is 12.2. The second-order valence-corrected chi connectivity index (χ2v) is 9.24. The van der Waals surface area contributed by atoms with E-state index in [2.05, 4.69) is 15.6 Å². The van der Waals surface area contributed by atoms with Gasteiger partial charge in [-0.25, -0.2) is 4.68 Å². The van der Waals surface area contributed by atoms with Gasteiger partial charge in [-0.3, -0.25) is 14.5 Å². The average molecular weight is 486 g/mol. The maximum atomic E-state index is 14.0. The topological polar surface area (TPSA) is 89.4 Å². The molecule has 8 nitrogen and oxygen atoms in total. The molecule has 4 rings (SSSR count). The predicted octanol–water partition coefficient (Wildman–Crippen LogP) is 4.52. The van der Waals surface area contributed by atoms with E-state index >= 15 is 0 Å². The van der Waals surface area contributed by atoms with Crippen LogP contribution in [0.2, 0.25) is 0 Å². The summed E-state index contributed by atoms with van der Waals surface area (Å²) in [5.74, 6) is 0.105. The lowest BCUT2D eigenvalue weighted by atomic mass is 9.98. The Morgan fingerprint density at radius 3 is 2.33 bits per heavy atom. The van der Waals surface area contributed by atoms with E-state index in [1.807, 2.05) is 87.5 Å².